The lowest BCUT2D eigenvalue weighted by atomic mass is 10.5. The van der Waals surface area contributed by atoms with E-state index in [-0.39, 0.29) is 5.97 Å². The molecule has 0 aliphatic carbocycles. The van der Waals surface area contributed by atoms with Crippen LogP contribution in [-0.4, -0.2) is 37.6 Å². The zero-order chi connectivity index (χ0) is 9.68. The number of rotatable bonds is 5. The molecule has 0 bridgehead atoms. The minimum Gasteiger partial charge on any atom is -0.466 e. The topological polar surface area (TPSA) is 41.3 Å². The molecule has 0 atom stereocenters. The van der Waals surface area contributed by atoms with Gasteiger partial charge in [-0.3, -0.25) is 0 Å². The number of hydrogen-bond acceptors (Lipinski definition) is 4. The zero-order valence-electron chi connectivity index (χ0n) is 7.75. The van der Waals surface area contributed by atoms with Gasteiger partial charge in [0.15, 0.2) is 0 Å². The van der Waals surface area contributed by atoms with E-state index in [0.29, 0.717) is 6.54 Å². The molecule has 1 N–H and O–H groups in total. The molecule has 0 radical (unpaired) electrons. The Hall–Kier alpha value is -1.45. The molecule has 13 heavy (non-hydrogen) atoms. The number of nitrogens with one attached hydrogen (secondary N) is 1. The summed E-state index contributed by atoms with van der Waals surface area (Å²) < 4.78 is 4.53. The molecule has 0 aromatic rings. The Labute approximate surface area is 77.9 Å². The average Bonchev–Trinajstić information content (AvgIpc) is 2.94. The molecule has 72 valence electrons. The Morgan fingerprint density at radius 1 is 1.69 bits per heavy atom. The summed E-state index contributed by atoms with van der Waals surface area (Å²) in [5.74, 6) is 0.477. The Bertz CT molecular complexity index is 232. The van der Waals surface area contributed by atoms with Crippen LogP contribution in [-0.2, 0) is 9.53 Å². The quantitative estimate of drug-likeness (QED) is 0.283. The highest BCUT2D eigenvalue weighted by atomic mass is 16.5. The summed E-state index contributed by atoms with van der Waals surface area (Å²) >= 11 is 0. The highest BCUT2D eigenvalue weighted by Crippen LogP contribution is 2.11. The predicted molar refractivity (Wildman–Crippen MR) is 49.9 cm³/mol. The molecule has 1 saturated heterocycles. The number of esters is 1. The van der Waals surface area contributed by atoms with Gasteiger partial charge < -0.3 is 15.0 Å². The van der Waals surface area contributed by atoms with Gasteiger partial charge in [-0.15, -0.1) is 6.58 Å². The van der Waals surface area contributed by atoms with Crippen LogP contribution >= 0.6 is 0 Å². The second kappa shape index (κ2) is 4.54. The van der Waals surface area contributed by atoms with Crippen LogP contribution in [0.5, 0.6) is 0 Å². The molecule has 0 aromatic carbocycles. The molecule has 0 unspecified atom stereocenters. The molecule has 0 saturated carbocycles. The van der Waals surface area contributed by atoms with E-state index in [1.54, 1.807) is 6.08 Å². The maximum atomic E-state index is 10.9. The number of hydrogen-bond donors (Lipinski definition) is 1. The number of methoxy groups -OCH3 is 1. The standard InChI is InChI=1S/C9H14N2O2/c1-3-4-10-8(11-5-6-11)7-9(12)13-2/h3,7,10H,1,4-6H2,2H3/b8-7+. The van der Waals surface area contributed by atoms with E-state index >= 15 is 0 Å². The van der Waals surface area contributed by atoms with E-state index in [4.69, 9.17) is 0 Å². The molecule has 1 aliphatic heterocycles. The number of carbonyl (C=O) groups excluding carboxylic acids is 1. The van der Waals surface area contributed by atoms with Crippen LogP contribution in [0.4, 0.5) is 0 Å². The van der Waals surface area contributed by atoms with Crippen molar-refractivity contribution in [1.29, 1.82) is 0 Å². The fraction of sp³-hybridized carbons (Fsp3) is 0.444. The van der Waals surface area contributed by atoms with E-state index in [1.165, 1.54) is 13.2 Å². The van der Waals surface area contributed by atoms with Crippen molar-refractivity contribution >= 4 is 5.97 Å². The first-order chi connectivity index (χ1) is 6.27. The Morgan fingerprint density at radius 3 is 2.85 bits per heavy atom. The molecule has 0 spiro atoms. The predicted octanol–water partition coefficient (Wildman–Crippen LogP) is 0.0920. The van der Waals surface area contributed by atoms with Gasteiger partial charge in [0.2, 0.25) is 0 Å². The van der Waals surface area contributed by atoms with Crippen LogP contribution in [0.1, 0.15) is 0 Å². The largest absolute Gasteiger partial charge is 0.466 e. The van der Waals surface area contributed by atoms with Gasteiger partial charge in [0.25, 0.3) is 0 Å². The van der Waals surface area contributed by atoms with Gasteiger partial charge in [-0.1, -0.05) is 6.08 Å². The van der Waals surface area contributed by atoms with Crippen molar-refractivity contribution in [3.63, 3.8) is 0 Å². The monoisotopic (exact) mass is 182 g/mol. The third-order valence-electron chi connectivity index (χ3n) is 1.67. The van der Waals surface area contributed by atoms with Crippen molar-refractivity contribution in [3.05, 3.63) is 24.6 Å². The molecule has 0 amide bonds. The van der Waals surface area contributed by atoms with Crippen LogP contribution in [0, 0.1) is 0 Å². The highest BCUT2D eigenvalue weighted by Gasteiger charge is 2.20. The van der Waals surface area contributed by atoms with Gasteiger partial charge in [-0.25, -0.2) is 4.79 Å². The first kappa shape index (κ1) is 9.64. The normalized spacial score (nSPS) is 15.2. The van der Waals surface area contributed by atoms with Crippen molar-refractivity contribution in [2.24, 2.45) is 0 Å². The number of nitrogens with zero attached hydrogens (tertiary/aromatic N) is 1. The summed E-state index contributed by atoms with van der Waals surface area (Å²) in [6, 6.07) is 0. The van der Waals surface area contributed by atoms with Crippen molar-refractivity contribution < 1.29 is 9.53 Å². The van der Waals surface area contributed by atoms with Crippen LogP contribution < -0.4 is 5.32 Å². The van der Waals surface area contributed by atoms with Gasteiger partial charge in [0.1, 0.15) is 5.82 Å². The van der Waals surface area contributed by atoms with Crippen molar-refractivity contribution in [2.75, 3.05) is 26.7 Å². The van der Waals surface area contributed by atoms with E-state index < -0.39 is 0 Å². The van der Waals surface area contributed by atoms with Crippen LogP contribution in [0.15, 0.2) is 24.6 Å². The maximum Gasteiger partial charge on any atom is 0.334 e. The minimum absolute atomic E-state index is 0.335. The lowest BCUT2D eigenvalue weighted by molar-refractivity contribution is -0.134. The smallest absolute Gasteiger partial charge is 0.334 e. The van der Waals surface area contributed by atoms with Gasteiger partial charge in [0.05, 0.1) is 13.2 Å². The molecule has 1 fully saturated rings. The van der Waals surface area contributed by atoms with Gasteiger partial charge in [-0.05, 0) is 0 Å². The summed E-state index contributed by atoms with van der Waals surface area (Å²) in [5.41, 5.74) is 0. The minimum atomic E-state index is -0.335. The summed E-state index contributed by atoms with van der Waals surface area (Å²) in [5, 5.41) is 3.06. The Morgan fingerprint density at radius 2 is 2.38 bits per heavy atom. The number of carbonyl (C=O) groups is 1. The fourth-order valence-corrected chi connectivity index (χ4v) is 0.892. The molecule has 4 heteroatoms. The fourth-order valence-electron chi connectivity index (χ4n) is 0.892. The second-order valence-electron chi connectivity index (χ2n) is 2.71. The summed E-state index contributed by atoms with van der Waals surface area (Å²) in [6.07, 6.45) is 3.20. The van der Waals surface area contributed by atoms with E-state index in [0.717, 1.165) is 18.9 Å². The second-order valence-corrected chi connectivity index (χ2v) is 2.71. The van der Waals surface area contributed by atoms with Crippen LogP contribution in [0.2, 0.25) is 0 Å². The molecule has 1 aliphatic rings. The van der Waals surface area contributed by atoms with Gasteiger partial charge >= 0.3 is 5.97 Å². The van der Waals surface area contributed by atoms with Crippen molar-refractivity contribution in [3.8, 4) is 0 Å². The van der Waals surface area contributed by atoms with Crippen LogP contribution in [0.3, 0.4) is 0 Å². The van der Waals surface area contributed by atoms with Gasteiger partial charge in [0, 0.05) is 19.6 Å². The Balaban J connectivity index is 2.49. The van der Waals surface area contributed by atoms with E-state index in [9.17, 15) is 4.79 Å². The lowest BCUT2D eigenvalue weighted by Gasteiger charge is -2.09. The zero-order valence-corrected chi connectivity index (χ0v) is 7.75. The summed E-state index contributed by atoms with van der Waals surface area (Å²) in [6.45, 7) is 6.23. The first-order valence-corrected chi connectivity index (χ1v) is 4.17. The number of ether oxygens (including phenoxy) is 1. The highest BCUT2D eigenvalue weighted by molar-refractivity contribution is 5.82. The molecule has 4 nitrogen and oxygen atoms in total. The average molecular weight is 182 g/mol. The molecular formula is C9H14N2O2. The van der Waals surface area contributed by atoms with Crippen molar-refractivity contribution in [1.82, 2.24) is 10.2 Å². The Kier molecular flexibility index (Phi) is 3.37. The van der Waals surface area contributed by atoms with Crippen LogP contribution in [0.25, 0.3) is 0 Å². The molecular weight excluding hydrogens is 168 g/mol. The molecule has 0 aromatic heterocycles. The SMILES string of the molecule is C=CCN/C(=C\C(=O)OC)N1CC1. The van der Waals surface area contributed by atoms with Crippen molar-refractivity contribution in [2.45, 2.75) is 0 Å². The summed E-state index contributed by atoms with van der Waals surface area (Å²) in [4.78, 5) is 13.0. The molecule has 1 heterocycles. The maximum absolute atomic E-state index is 10.9. The summed E-state index contributed by atoms with van der Waals surface area (Å²) in [7, 11) is 1.37. The molecule has 1 rings (SSSR count). The third-order valence-corrected chi connectivity index (χ3v) is 1.67. The third kappa shape index (κ3) is 3.19. The van der Waals surface area contributed by atoms with E-state index in [1.807, 2.05) is 4.90 Å². The van der Waals surface area contributed by atoms with Gasteiger partial charge in [-0.2, -0.15) is 0 Å². The van der Waals surface area contributed by atoms with E-state index in [2.05, 4.69) is 16.6 Å². The lowest BCUT2D eigenvalue weighted by Crippen LogP contribution is -2.20. The first-order valence-electron chi connectivity index (χ1n) is 4.17.